The molecule has 8 heteroatoms. The van der Waals surface area contributed by atoms with Crippen LogP contribution in [-0.2, 0) is 6.54 Å². The Hall–Kier alpha value is -2.32. The SMILES string of the molecule is CCN(CC)CCCNC(=S)Nc1c(C)nn(Cc2ccc(OC)c(OC)c2)c1C. The molecule has 0 atom stereocenters. The third-order valence-electron chi connectivity index (χ3n) is 5.23. The van der Waals surface area contributed by atoms with Gasteiger partial charge >= 0.3 is 0 Å². The summed E-state index contributed by atoms with van der Waals surface area (Å²) in [5.41, 5.74) is 3.99. The van der Waals surface area contributed by atoms with Crippen molar-refractivity contribution in [3.8, 4) is 11.5 Å². The Labute approximate surface area is 185 Å². The van der Waals surface area contributed by atoms with Crippen LogP contribution in [0.1, 0.15) is 37.2 Å². The van der Waals surface area contributed by atoms with E-state index in [1.807, 2.05) is 36.7 Å². The Balaban J connectivity index is 1.97. The van der Waals surface area contributed by atoms with Crippen LogP contribution in [-0.4, -0.2) is 60.2 Å². The second-order valence-corrected chi connectivity index (χ2v) is 7.56. The van der Waals surface area contributed by atoms with Gasteiger partial charge in [0.05, 0.1) is 37.8 Å². The van der Waals surface area contributed by atoms with Crippen molar-refractivity contribution in [1.82, 2.24) is 20.0 Å². The molecule has 0 unspecified atom stereocenters. The Kier molecular flexibility index (Phi) is 9.39. The number of anilines is 1. The number of thiocarbonyl (C=S) groups is 1. The van der Waals surface area contributed by atoms with Crippen molar-refractivity contribution < 1.29 is 9.47 Å². The predicted molar refractivity (Wildman–Crippen MR) is 127 cm³/mol. The zero-order valence-electron chi connectivity index (χ0n) is 19.0. The lowest BCUT2D eigenvalue weighted by Crippen LogP contribution is -2.32. The summed E-state index contributed by atoms with van der Waals surface area (Å²) in [5, 5.41) is 11.9. The van der Waals surface area contributed by atoms with Crippen molar-refractivity contribution in [3.63, 3.8) is 0 Å². The summed E-state index contributed by atoms with van der Waals surface area (Å²) in [6.45, 7) is 13.1. The van der Waals surface area contributed by atoms with Crippen LogP contribution in [0.3, 0.4) is 0 Å². The van der Waals surface area contributed by atoms with Crippen molar-refractivity contribution in [2.24, 2.45) is 0 Å². The van der Waals surface area contributed by atoms with Gasteiger partial charge in [-0.2, -0.15) is 5.10 Å². The zero-order valence-corrected chi connectivity index (χ0v) is 19.9. The minimum absolute atomic E-state index is 0.631. The third-order valence-corrected chi connectivity index (χ3v) is 5.48. The fraction of sp³-hybridized carbons (Fsp3) is 0.545. The number of methoxy groups -OCH3 is 2. The topological polar surface area (TPSA) is 63.6 Å². The predicted octanol–water partition coefficient (Wildman–Crippen LogP) is 3.58. The molecule has 1 heterocycles. The number of aryl methyl sites for hydroxylation is 1. The molecule has 0 spiro atoms. The number of benzene rings is 1. The van der Waals surface area contributed by atoms with Crippen molar-refractivity contribution in [2.45, 2.75) is 40.7 Å². The summed E-state index contributed by atoms with van der Waals surface area (Å²) in [4.78, 5) is 2.41. The highest BCUT2D eigenvalue weighted by atomic mass is 32.1. The van der Waals surface area contributed by atoms with Gasteiger partial charge in [0, 0.05) is 6.54 Å². The van der Waals surface area contributed by atoms with E-state index in [1.165, 1.54) is 0 Å². The van der Waals surface area contributed by atoms with Crippen LogP contribution in [0.25, 0.3) is 0 Å². The molecule has 0 aliphatic carbocycles. The molecule has 1 aromatic heterocycles. The summed E-state index contributed by atoms with van der Waals surface area (Å²) in [7, 11) is 3.28. The summed E-state index contributed by atoms with van der Waals surface area (Å²) in [6, 6.07) is 5.91. The number of aromatic nitrogens is 2. The average Bonchev–Trinajstić information content (AvgIpc) is 3.01. The molecule has 7 nitrogen and oxygen atoms in total. The van der Waals surface area contributed by atoms with Crippen molar-refractivity contribution in [3.05, 3.63) is 35.2 Å². The molecule has 0 saturated heterocycles. The van der Waals surface area contributed by atoms with Gasteiger partial charge in [0.2, 0.25) is 0 Å². The molecular weight excluding hydrogens is 398 g/mol. The van der Waals surface area contributed by atoms with Gasteiger partial charge in [-0.15, -0.1) is 0 Å². The highest BCUT2D eigenvalue weighted by Crippen LogP contribution is 2.28. The molecule has 2 rings (SSSR count). The minimum atomic E-state index is 0.631. The molecule has 0 fully saturated rings. The van der Waals surface area contributed by atoms with E-state index in [1.54, 1.807) is 14.2 Å². The first-order valence-electron chi connectivity index (χ1n) is 10.5. The number of hydrogen-bond acceptors (Lipinski definition) is 5. The van der Waals surface area contributed by atoms with E-state index in [0.717, 1.165) is 61.0 Å². The quantitative estimate of drug-likeness (QED) is 0.415. The first kappa shape index (κ1) is 24.0. The van der Waals surface area contributed by atoms with E-state index >= 15 is 0 Å². The fourth-order valence-electron chi connectivity index (χ4n) is 3.39. The maximum absolute atomic E-state index is 5.49. The van der Waals surface area contributed by atoms with Gasteiger partial charge in [-0.25, -0.2) is 0 Å². The van der Waals surface area contributed by atoms with Crippen molar-refractivity contribution in [2.75, 3.05) is 45.7 Å². The molecule has 1 aromatic carbocycles. The van der Waals surface area contributed by atoms with Gasteiger partial charge < -0.3 is 25.0 Å². The monoisotopic (exact) mass is 433 g/mol. The smallest absolute Gasteiger partial charge is 0.170 e. The molecule has 0 saturated carbocycles. The van der Waals surface area contributed by atoms with Crippen LogP contribution in [0.2, 0.25) is 0 Å². The molecule has 2 aromatic rings. The lowest BCUT2D eigenvalue weighted by Gasteiger charge is -2.18. The molecule has 0 bridgehead atoms. The van der Waals surface area contributed by atoms with Gasteiger partial charge in [-0.3, -0.25) is 4.68 Å². The average molecular weight is 434 g/mol. The van der Waals surface area contributed by atoms with Crippen molar-refractivity contribution in [1.29, 1.82) is 0 Å². The Morgan fingerprint density at radius 2 is 1.83 bits per heavy atom. The fourth-order valence-corrected chi connectivity index (χ4v) is 3.59. The number of nitrogens with zero attached hydrogens (tertiary/aromatic N) is 3. The molecule has 0 aliphatic rings. The second-order valence-electron chi connectivity index (χ2n) is 7.15. The van der Waals surface area contributed by atoms with Gasteiger partial charge in [-0.1, -0.05) is 19.9 Å². The van der Waals surface area contributed by atoms with Crippen LogP contribution in [0.15, 0.2) is 18.2 Å². The standard InChI is InChI=1S/C22H35N5O2S/c1-7-26(8-2)13-9-12-23-22(30)24-21-16(3)25-27(17(21)4)15-18-10-11-19(28-5)20(14-18)29-6/h10-11,14H,7-9,12-13,15H2,1-6H3,(H2,23,24,30). The molecule has 0 aliphatic heterocycles. The van der Waals surface area contributed by atoms with Crippen molar-refractivity contribution >= 4 is 23.0 Å². The lowest BCUT2D eigenvalue weighted by atomic mass is 10.2. The number of ether oxygens (including phenoxy) is 2. The molecule has 0 amide bonds. The van der Waals surface area contributed by atoms with E-state index < -0.39 is 0 Å². The highest BCUT2D eigenvalue weighted by molar-refractivity contribution is 7.80. The van der Waals surface area contributed by atoms with E-state index in [2.05, 4.69) is 34.5 Å². The molecule has 2 N–H and O–H groups in total. The number of hydrogen-bond donors (Lipinski definition) is 2. The van der Waals surface area contributed by atoms with Crippen LogP contribution in [0.5, 0.6) is 11.5 Å². The maximum Gasteiger partial charge on any atom is 0.170 e. The minimum Gasteiger partial charge on any atom is -0.493 e. The highest BCUT2D eigenvalue weighted by Gasteiger charge is 2.14. The molecule has 30 heavy (non-hydrogen) atoms. The largest absolute Gasteiger partial charge is 0.493 e. The number of rotatable bonds is 11. The second kappa shape index (κ2) is 11.8. The molecular formula is C22H35N5O2S. The van der Waals surface area contributed by atoms with Crippen LogP contribution >= 0.6 is 12.2 Å². The van der Waals surface area contributed by atoms with E-state index in [-0.39, 0.29) is 0 Å². The Bertz CT molecular complexity index is 833. The summed E-state index contributed by atoms with van der Waals surface area (Å²) < 4.78 is 12.7. The van der Waals surface area contributed by atoms with E-state index in [0.29, 0.717) is 17.4 Å². The number of nitrogens with one attached hydrogen (secondary N) is 2. The third kappa shape index (κ3) is 6.34. The normalized spacial score (nSPS) is 10.9. The van der Waals surface area contributed by atoms with Crippen LogP contribution < -0.4 is 20.1 Å². The van der Waals surface area contributed by atoms with Crippen LogP contribution in [0, 0.1) is 13.8 Å². The molecule has 0 radical (unpaired) electrons. The maximum atomic E-state index is 5.49. The van der Waals surface area contributed by atoms with E-state index in [9.17, 15) is 0 Å². The molecule has 166 valence electrons. The van der Waals surface area contributed by atoms with Gasteiger partial charge in [-0.05, 0) is 69.8 Å². The zero-order chi connectivity index (χ0) is 22.1. The Morgan fingerprint density at radius 1 is 1.13 bits per heavy atom. The Morgan fingerprint density at radius 3 is 2.47 bits per heavy atom. The summed E-state index contributed by atoms with van der Waals surface area (Å²) in [5.74, 6) is 1.43. The van der Waals surface area contributed by atoms with Crippen LogP contribution in [0.4, 0.5) is 5.69 Å². The van der Waals surface area contributed by atoms with Gasteiger partial charge in [0.15, 0.2) is 16.6 Å². The first-order valence-corrected chi connectivity index (χ1v) is 10.9. The lowest BCUT2D eigenvalue weighted by molar-refractivity contribution is 0.300. The summed E-state index contributed by atoms with van der Waals surface area (Å²) >= 11 is 5.49. The van der Waals surface area contributed by atoms with E-state index in [4.69, 9.17) is 21.7 Å². The first-order chi connectivity index (χ1) is 14.4. The van der Waals surface area contributed by atoms with Gasteiger partial charge in [0.1, 0.15) is 0 Å². The van der Waals surface area contributed by atoms with Gasteiger partial charge in [0.25, 0.3) is 0 Å². The summed E-state index contributed by atoms with van der Waals surface area (Å²) in [6.07, 6.45) is 1.06.